The van der Waals surface area contributed by atoms with E-state index in [4.69, 9.17) is 15.0 Å². The molecule has 3 nitrogen and oxygen atoms in total. The Bertz CT molecular complexity index is 517. The molecule has 3 rings (SSSR count). The van der Waals surface area contributed by atoms with Gasteiger partial charge in [-0.1, -0.05) is 49.6 Å². The number of hydrogen-bond donors (Lipinski definition) is 2. The highest BCUT2D eigenvalue weighted by atomic mass is 16.6. The fourth-order valence-electron chi connectivity index (χ4n) is 4.44. The monoisotopic (exact) mass is 344 g/mol. The summed E-state index contributed by atoms with van der Waals surface area (Å²) in [6.45, 7) is 3.89. The molecule has 1 aromatic rings. The van der Waals surface area contributed by atoms with E-state index in [2.05, 4.69) is 36.9 Å². The lowest BCUT2D eigenvalue weighted by atomic mass is 9.77. The lowest BCUT2D eigenvalue weighted by molar-refractivity contribution is 0.137. The molecule has 0 heterocycles. The molecule has 0 aliphatic heterocycles. The van der Waals surface area contributed by atoms with Gasteiger partial charge in [-0.3, -0.25) is 0 Å². The van der Waals surface area contributed by atoms with Gasteiger partial charge in [0.25, 0.3) is 0 Å². The summed E-state index contributed by atoms with van der Waals surface area (Å²) in [5, 5.41) is 13.9. The van der Waals surface area contributed by atoms with Crippen LogP contribution in [-0.2, 0) is 0 Å². The van der Waals surface area contributed by atoms with E-state index in [1.807, 2.05) is 0 Å². The molecule has 2 fully saturated rings. The summed E-state index contributed by atoms with van der Waals surface area (Å²) in [4.78, 5) is 8.56. The molecule has 0 unspecified atom stereocenters. The summed E-state index contributed by atoms with van der Waals surface area (Å²) in [6, 6.07) is 9.73. The van der Waals surface area contributed by atoms with Gasteiger partial charge in [0.1, 0.15) is 0 Å². The third-order valence-electron chi connectivity index (χ3n) is 5.83. The molecule has 2 N–H and O–H groups in total. The lowest BCUT2D eigenvalue weighted by Gasteiger charge is -2.28. The van der Waals surface area contributed by atoms with Gasteiger partial charge in [0.15, 0.2) is 0 Å². The van der Waals surface area contributed by atoms with E-state index in [1.54, 1.807) is 11.1 Å². The molecule has 0 spiro atoms. The first-order valence-electron chi connectivity index (χ1n) is 9.72. The van der Waals surface area contributed by atoms with Crippen molar-refractivity contribution in [1.29, 1.82) is 0 Å². The Hall–Kier alpha value is -1.77. The number of allylic oxidation sites excluding steroid dienone is 1. The van der Waals surface area contributed by atoms with E-state index >= 15 is 0 Å². The summed E-state index contributed by atoms with van der Waals surface area (Å²) in [5.41, 5.74) is 3.19. The van der Waals surface area contributed by atoms with Crippen LogP contribution >= 0.6 is 0 Å². The molecule has 0 atom stereocenters. The maximum atomic E-state index is 8.56. The largest absolute Gasteiger partial charge is 0.503 e. The first-order chi connectivity index (χ1) is 12.1. The van der Waals surface area contributed by atoms with E-state index in [9.17, 15) is 0 Å². The normalized spacial score (nSPS) is 24.0. The second-order valence-electron chi connectivity index (χ2n) is 7.53. The molecule has 2 aliphatic carbocycles. The van der Waals surface area contributed by atoms with Gasteiger partial charge >= 0.3 is 6.16 Å². The fourth-order valence-corrected chi connectivity index (χ4v) is 4.44. The summed E-state index contributed by atoms with van der Waals surface area (Å²) >= 11 is 0. The molecule has 0 bridgehead atoms. The zero-order valence-electron chi connectivity index (χ0n) is 15.2. The quantitative estimate of drug-likeness (QED) is 0.590. The van der Waals surface area contributed by atoms with Crippen LogP contribution in [0, 0.1) is 5.92 Å². The first-order valence-corrected chi connectivity index (χ1v) is 9.72. The summed E-state index contributed by atoms with van der Waals surface area (Å²) in [7, 11) is 0. The Balaban J connectivity index is 0.000000511. The van der Waals surface area contributed by atoms with Gasteiger partial charge < -0.3 is 10.2 Å². The number of rotatable bonds is 4. The average Bonchev–Trinajstić information content (AvgIpc) is 2.63. The van der Waals surface area contributed by atoms with Crippen molar-refractivity contribution in [2.45, 2.75) is 76.0 Å². The first kappa shape index (κ1) is 19.6. The van der Waals surface area contributed by atoms with Crippen LogP contribution in [0.5, 0.6) is 0 Å². The van der Waals surface area contributed by atoms with Crippen LogP contribution in [0.15, 0.2) is 36.9 Å². The van der Waals surface area contributed by atoms with Crippen molar-refractivity contribution >= 4 is 6.16 Å². The number of carboxylic acid groups (broad SMARTS) is 2. The van der Waals surface area contributed by atoms with Crippen LogP contribution in [0.2, 0.25) is 0 Å². The molecular formula is C22H32O3. The predicted molar refractivity (Wildman–Crippen MR) is 102 cm³/mol. The van der Waals surface area contributed by atoms with Gasteiger partial charge in [-0.25, -0.2) is 4.79 Å². The Morgan fingerprint density at radius 2 is 1.32 bits per heavy atom. The molecule has 138 valence electrons. The molecule has 0 radical (unpaired) electrons. The second kappa shape index (κ2) is 10.3. The highest BCUT2D eigenvalue weighted by Gasteiger charge is 2.22. The van der Waals surface area contributed by atoms with E-state index < -0.39 is 6.16 Å². The van der Waals surface area contributed by atoms with Gasteiger partial charge in [0.2, 0.25) is 0 Å². The van der Waals surface area contributed by atoms with E-state index in [0.717, 1.165) is 17.8 Å². The third kappa shape index (κ3) is 6.56. The molecule has 0 amide bonds. The third-order valence-corrected chi connectivity index (χ3v) is 5.83. The number of carbonyl (C=O) groups is 1. The van der Waals surface area contributed by atoms with Crippen LogP contribution in [0.3, 0.4) is 0 Å². The highest BCUT2D eigenvalue weighted by molar-refractivity contribution is 5.53. The van der Waals surface area contributed by atoms with E-state index in [1.165, 1.54) is 64.2 Å². The van der Waals surface area contributed by atoms with Gasteiger partial charge in [-0.05, 0) is 73.8 Å². The smallest absolute Gasteiger partial charge is 0.450 e. The maximum Gasteiger partial charge on any atom is 0.503 e. The van der Waals surface area contributed by atoms with Crippen LogP contribution in [0.25, 0.3) is 0 Å². The van der Waals surface area contributed by atoms with E-state index in [-0.39, 0.29) is 0 Å². The number of hydrogen-bond acceptors (Lipinski definition) is 1. The Morgan fingerprint density at radius 1 is 0.880 bits per heavy atom. The van der Waals surface area contributed by atoms with Gasteiger partial charge in [0.05, 0.1) is 0 Å². The maximum absolute atomic E-state index is 8.56. The minimum absolute atomic E-state index is 0.812. The molecule has 2 saturated carbocycles. The second-order valence-corrected chi connectivity index (χ2v) is 7.53. The summed E-state index contributed by atoms with van der Waals surface area (Å²) in [6.07, 6.45) is 14.1. The molecule has 0 aromatic heterocycles. The van der Waals surface area contributed by atoms with Crippen molar-refractivity contribution in [3.05, 3.63) is 48.0 Å². The van der Waals surface area contributed by atoms with Crippen LogP contribution in [0.4, 0.5) is 4.79 Å². The Kier molecular flexibility index (Phi) is 8.03. The van der Waals surface area contributed by atoms with Gasteiger partial charge in [-0.2, -0.15) is 0 Å². The lowest BCUT2D eigenvalue weighted by Crippen LogP contribution is -2.13. The highest BCUT2D eigenvalue weighted by Crippen LogP contribution is 2.38. The van der Waals surface area contributed by atoms with Crippen LogP contribution in [-0.4, -0.2) is 16.4 Å². The summed E-state index contributed by atoms with van der Waals surface area (Å²) in [5.74, 6) is 2.56. The SMILES string of the molecule is C=CCC1CCC(c2ccc(C3CCCCC3)cc2)CC1.O=C(O)O. The summed E-state index contributed by atoms with van der Waals surface area (Å²) < 4.78 is 0. The zero-order valence-corrected chi connectivity index (χ0v) is 15.2. The van der Waals surface area contributed by atoms with Crippen molar-refractivity contribution in [1.82, 2.24) is 0 Å². The Labute approximate surface area is 151 Å². The fraction of sp³-hybridized carbons (Fsp3) is 0.591. The molecule has 2 aliphatic rings. The van der Waals surface area contributed by atoms with Crippen molar-refractivity contribution < 1.29 is 15.0 Å². The average molecular weight is 344 g/mol. The molecule has 3 heteroatoms. The van der Waals surface area contributed by atoms with Crippen molar-refractivity contribution in [3.8, 4) is 0 Å². The zero-order chi connectivity index (χ0) is 18.1. The van der Waals surface area contributed by atoms with Crippen molar-refractivity contribution in [2.75, 3.05) is 0 Å². The molecule has 0 saturated heterocycles. The molecular weight excluding hydrogens is 312 g/mol. The van der Waals surface area contributed by atoms with Crippen molar-refractivity contribution in [2.24, 2.45) is 5.92 Å². The minimum atomic E-state index is -1.83. The van der Waals surface area contributed by atoms with Crippen molar-refractivity contribution in [3.63, 3.8) is 0 Å². The van der Waals surface area contributed by atoms with Crippen LogP contribution in [0.1, 0.15) is 87.2 Å². The standard InChI is InChI=1S/C21H30.CH2O3/c1-2-6-17-9-11-19(12-10-17)21-15-13-20(14-16-21)18-7-4-3-5-8-18;2-1(3)4/h2,13-19H,1,3-12H2;(H2,2,3,4). The number of benzene rings is 1. The minimum Gasteiger partial charge on any atom is -0.450 e. The molecule has 1 aromatic carbocycles. The topological polar surface area (TPSA) is 57.5 Å². The predicted octanol–water partition coefficient (Wildman–Crippen LogP) is 6.81. The van der Waals surface area contributed by atoms with E-state index in [0.29, 0.717) is 0 Å². The Morgan fingerprint density at radius 3 is 1.76 bits per heavy atom. The van der Waals surface area contributed by atoms with Crippen LogP contribution < -0.4 is 0 Å². The molecule has 25 heavy (non-hydrogen) atoms. The van der Waals surface area contributed by atoms with Gasteiger partial charge in [0, 0.05) is 0 Å². The van der Waals surface area contributed by atoms with Gasteiger partial charge in [-0.15, -0.1) is 6.58 Å².